The van der Waals surface area contributed by atoms with Crippen molar-refractivity contribution in [3.05, 3.63) is 42.0 Å². The van der Waals surface area contributed by atoms with E-state index in [1.807, 2.05) is 6.92 Å². The Labute approximate surface area is 137 Å². The van der Waals surface area contributed by atoms with Crippen molar-refractivity contribution in [3.63, 3.8) is 0 Å². The van der Waals surface area contributed by atoms with Crippen molar-refractivity contribution in [2.24, 2.45) is 10.7 Å². The fourth-order valence-electron chi connectivity index (χ4n) is 1.26. The number of nitrogens with two attached hydrogens (primary N) is 1. The van der Waals surface area contributed by atoms with Crippen LogP contribution in [0.3, 0.4) is 0 Å². The van der Waals surface area contributed by atoms with E-state index in [1.54, 1.807) is 11.8 Å². The van der Waals surface area contributed by atoms with E-state index >= 15 is 0 Å². The maximum atomic E-state index is 5.71. The average molecular weight is 391 g/mol. The molecule has 0 unspecified atom stereocenters. The number of nitrogens with zero attached hydrogens (tertiary/aromatic N) is 1. The first kappa shape index (κ1) is 18.3. The lowest BCUT2D eigenvalue weighted by Crippen LogP contribution is -2.33. The zero-order valence-electron chi connectivity index (χ0n) is 11.5. The highest BCUT2D eigenvalue weighted by molar-refractivity contribution is 14.0. The molecule has 0 aromatic heterocycles. The molecule has 0 aliphatic heterocycles. The summed E-state index contributed by atoms with van der Waals surface area (Å²) in [6.07, 6.45) is 0. The molecule has 0 saturated heterocycles. The number of aliphatic imine (C=N–C) groups is 1. The summed E-state index contributed by atoms with van der Waals surface area (Å²) >= 11 is 1.80. The summed E-state index contributed by atoms with van der Waals surface area (Å²) in [5.74, 6) is 1.45. The number of halogens is 1. The number of hydrogen-bond donors (Lipinski definition) is 2. The van der Waals surface area contributed by atoms with Gasteiger partial charge in [0.05, 0.1) is 6.54 Å². The van der Waals surface area contributed by atoms with Crippen molar-refractivity contribution in [2.45, 2.75) is 18.7 Å². The second kappa shape index (κ2) is 10.1. The number of rotatable bonds is 6. The quantitative estimate of drug-likeness (QED) is 0.196. The number of nitrogens with one attached hydrogen (secondary N) is 1. The molecule has 19 heavy (non-hydrogen) atoms. The highest BCUT2D eigenvalue weighted by atomic mass is 127. The second-order valence-electron chi connectivity index (χ2n) is 4.25. The molecule has 1 rings (SSSR count). The molecule has 1 aromatic carbocycles. The monoisotopic (exact) mass is 391 g/mol. The Morgan fingerprint density at radius 3 is 2.58 bits per heavy atom. The van der Waals surface area contributed by atoms with E-state index in [0.717, 1.165) is 17.9 Å². The summed E-state index contributed by atoms with van der Waals surface area (Å²) in [6.45, 7) is 9.20. The van der Waals surface area contributed by atoms with Crippen LogP contribution in [0.15, 0.2) is 46.3 Å². The number of aryl methyl sites for hydroxylation is 1. The van der Waals surface area contributed by atoms with E-state index in [0.29, 0.717) is 12.5 Å². The smallest absolute Gasteiger partial charge is 0.188 e. The Bertz CT molecular complexity index is 415. The van der Waals surface area contributed by atoms with Gasteiger partial charge in [-0.25, -0.2) is 4.99 Å². The summed E-state index contributed by atoms with van der Waals surface area (Å²) in [7, 11) is 0. The van der Waals surface area contributed by atoms with Gasteiger partial charge in [0.25, 0.3) is 0 Å². The molecule has 0 atom stereocenters. The normalized spacial score (nSPS) is 10.7. The molecule has 1 aromatic rings. The third kappa shape index (κ3) is 8.93. The Hall–Kier alpha value is -0.690. The largest absolute Gasteiger partial charge is 0.370 e. The van der Waals surface area contributed by atoms with Crippen LogP contribution in [0.25, 0.3) is 0 Å². The lowest BCUT2D eigenvalue weighted by Gasteiger charge is -2.05. The molecule has 0 heterocycles. The van der Waals surface area contributed by atoms with Crippen LogP contribution in [0, 0.1) is 6.92 Å². The second-order valence-corrected chi connectivity index (χ2v) is 5.42. The zero-order valence-corrected chi connectivity index (χ0v) is 14.6. The lowest BCUT2D eigenvalue weighted by molar-refractivity contribution is 0.946. The molecule has 0 bridgehead atoms. The van der Waals surface area contributed by atoms with Gasteiger partial charge in [0.15, 0.2) is 5.96 Å². The molecule has 106 valence electrons. The van der Waals surface area contributed by atoms with Gasteiger partial charge in [-0.3, -0.25) is 0 Å². The predicted octanol–water partition coefficient (Wildman–Crippen LogP) is 3.19. The highest BCUT2D eigenvalue weighted by Crippen LogP contribution is 2.17. The molecule has 0 saturated carbocycles. The van der Waals surface area contributed by atoms with E-state index in [1.165, 1.54) is 10.5 Å². The summed E-state index contributed by atoms with van der Waals surface area (Å²) < 4.78 is 0. The Morgan fingerprint density at radius 1 is 1.37 bits per heavy atom. The SMILES string of the molecule is C=C(C)CN=C(N)NCCSc1ccc(C)cc1.I. The minimum atomic E-state index is 0. The molecule has 5 heteroatoms. The zero-order chi connectivity index (χ0) is 13.4. The number of benzene rings is 1. The van der Waals surface area contributed by atoms with Crippen molar-refractivity contribution >= 4 is 41.7 Å². The van der Waals surface area contributed by atoms with Crippen LogP contribution in [0.1, 0.15) is 12.5 Å². The van der Waals surface area contributed by atoms with E-state index < -0.39 is 0 Å². The topological polar surface area (TPSA) is 50.4 Å². The fraction of sp³-hybridized carbons (Fsp3) is 0.357. The molecule has 0 amide bonds. The molecule has 0 aliphatic rings. The van der Waals surface area contributed by atoms with Crippen LogP contribution >= 0.6 is 35.7 Å². The average Bonchev–Trinajstić information content (AvgIpc) is 2.34. The van der Waals surface area contributed by atoms with E-state index in [9.17, 15) is 0 Å². The molecule has 0 spiro atoms. The highest BCUT2D eigenvalue weighted by Gasteiger charge is 1.95. The summed E-state index contributed by atoms with van der Waals surface area (Å²) in [5, 5.41) is 3.09. The van der Waals surface area contributed by atoms with Crippen LogP contribution in [-0.2, 0) is 0 Å². The minimum Gasteiger partial charge on any atom is -0.370 e. The van der Waals surface area contributed by atoms with E-state index in [-0.39, 0.29) is 24.0 Å². The van der Waals surface area contributed by atoms with Gasteiger partial charge in [-0.15, -0.1) is 35.7 Å². The maximum Gasteiger partial charge on any atom is 0.188 e. The van der Waals surface area contributed by atoms with Crippen molar-refractivity contribution in [1.29, 1.82) is 0 Å². The molecule has 3 N–H and O–H groups in total. The van der Waals surface area contributed by atoms with E-state index in [4.69, 9.17) is 5.73 Å². The van der Waals surface area contributed by atoms with Gasteiger partial charge in [0.2, 0.25) is 0 Å². The number of thioether (sulfide) groups is 1. The van der Waals surface area contributed by atoms with Gasteiger partial charge in [-0.05, 0) is 26.0 Å². The predicted molar refractivity (Wildman–Crippen MR) is 96.6 cm³/mol. The van der Waals surface area contributed by atoms with Crippen LogP contribution in [-0.4, -0.2) is 24.8 Å². The van der Waals surface area contributed by atoms with Crippen molar-refractivity contribution in [2.75, 3.05) is 18.8 Å². The van der Waals surface area contributed by atoms with Gasteiger partial charge < -0.3 is 11.1 Å². The summed E-state index contributed by atoms with van der Waals surface area (Å²) in [5.41, 5.74) is 8.00. The van der Waals surface area contributed by atoms with Gasteiger partial charge in [0, 0.05) is 17.2 Å². The maximum absolute atomic E-state index is 5.71. The molecule has 0 fully saturated rings. The van der Waals surface area contributed by atoms with Crippen LogP contribution in [0.5, 0.6) is 0 Å². The van der Waals surface area contributed by atoms with Gasteiger partial charge in [-0.1, -0.05) is 29.8 Å². The van der Waals surface area contributed by atoms with Gasteiger partial charge in [0.1, 0.15) is 0 Å². The van der Waals surface area contributed by atoms with E-state index in [2.05, 4.69) is 48.1 Å². The third-order valence-corrected chi connectivity index (χ3v) is 3.23. The van der Waals surface area contributed by atoms with Crippen molar-refractivity contribution in [1.82, 2.24) is 5.32 Å². The van der Waals surface area contributed by atoms with Crippen LogP contribution in [0.2, 0.25) is 0 Å². The van der Waals surface area contributed by atoms with Crippen molar-refractivity contribution in [3.8, 4) is 0 Å². The van der Waals surface area contributed by atoms with Crippen LogP contribution in [0.4, 0.5) is 0 Å². The standard InChI is InChI=1S/C14H21N3S.HI/c1-11(2)10-17-14(15)16-8-9-18-13-6-4-12(3)5-7-13;/h4-7H,1,8-10H2,2-3H3,(H3,15,16,17);1H. The lowest BCUT2D eigenvalue weighted by atomic mass is 10.2. The Kier molecular flexibility index (Phi) is 9.77. The van der Waals surface area contributed by atoms with Gasteiger partial charge in [-0.2, -0.15) is 0 Å². The number of guanidine groups is 1. The number of hydrogen-bond acceptors (Lipinski definition) is 2. The van der Waals surface area contributed by atoms with Crippen LogP contribution < -0.4 is 11.1 Å². The first-order chi connectivity index (χ1) is 8.58. The minimum absolute atomic E-state index is 0. The fourth-order valence-corrected chi connectivity index (χ4v) is 2.03. The molecule has 0 radical (unpaired) electrons. The third-order valence-electron chi connectivity index (χ3n) is 2.22. The summed E-state index contributed by atoms with van der Waals surface area (Å²) in [4.78, 5) is 5.43. The first-order valence-corrected chi connectivity index (χ1v) is 6.94. The molecular formula is C14H22IN3S. The molecule has 0 aliphatic carbocycles. The van der Waals surface area contributed by atoms with Gasteiger partial charge >= 0.3 is 0 Å². The first-order valence-electron chi connectivity index (χ1n) is 5.95. The Morgan fingerprint density at radius 2 is 2.00 bits per heavy atom. The molecular weight excluding hydrogens is 369 g/mol. The molecule has 3 nitrogen and oxygen atoms in total. The van der Waals surface area contributed by atoms with Crippen molar-refractivity contribution < 1.29 is 0 Å². The summed E-state index contributed by atoms with van der Waals surface area (Å²) in [6, 6.07) is 8.52. The Balaban J connectivity index is 0.00000324.